The van der Waals surface area contributed by atoms with Crippen molar-refractivity contribution in [3.8, 4) is 0 Å². The zero-order valence-electron chi connectivity index (χ0n) is 12.9. The second-order valence-corrected chi connectivity index (χ2v) is 7.36. The number of nitrogens with one attached hydrogen (secondary N) is 1. The third-order valence-electron chi connectivity index (χ3n) is 4.14. The number of thiophene rings is 1. The number of fused-ring (bicyclic) bond motifs is 1. The van der Waals surface area contributed by atoms with Crippen LogP contribution in [0.25, 0.3) is 10.2 Å². The number of hydrogen-bond acceptors (Lipinski definition) is 5. The fourth-order valence-electron chi connectivity index (χ4n) is 3.12. The second kappa shape index (κ2) is 6.71. The minimum absolute atomic E-state index is 0.863. The standard InChI is InChI=1S/C16H24N4S/c1-12-5-3-7-20(10-12)8-4-6-17-15-14-9-13(2)21-16(14)19-11-18-15/h9,11-12H,3-8,10H2,1-2H3,(H,17,18,19). The first kappa shape index (κ1) is 14.7. The normalized spacial score (nSPS) is 20.0. The summed E-state index contributed by atoms with van der Waals surface area (Å²) >= 11 is 1.73. The lowest BCUT2D eigenvalue weighted by atomic mass is 10.0. The molecule has 0 radical (unpaired) electrons. The fourth-order valence-corrected chi connectivity index (χ4v) is 3.96. The topological polar surface area (TPSA) is 41.0 Å². The molecule has 0 bridgehead atoms. The van der Waals surface area contributed by atoms with Crippen LogP contribution in [0.5, 0.6) is 0 Å². The molecule has 4 nitrogen and oxygen atoms in total. The SMILES string of the molecule is Cc1cc2c(NCCCN3CCCC(C)C3)ncnc2s1. The lowest BCUT2D eigenvalue weighted by molar-refractivity contribution is 0.183. The van der Waals surface area contributed by atoms with Crippen LogP contribution in [0.2, 0.25) is 0 Å². The van der Waals surface area contributed by atoms with E-state index in [9.17, 15) is 0 Å². The first-order valence-electron chi connectivity index (χ1n) is 7.90. The summed E-state index contributed by atoms with van der Waals surface area (Å²) in [5.74, 6) is 1.85. The number of likely N-dealkylation sites (tertiary alicyclic amines) is 1. The van der Waals surface area contributed by atoms with Crippen LogP contribution in [0, 0.1) is 12.8 Å². The molecule has 3 rings (SSSR count). The smallest absolute Gasteiger partial charge is 0.138 e. The summed E-state index contributed by atoms with van der Waals surface area (Å²) in [5.41, 5.74) is 0. The van der Waals surface area contributed by atoms with E-state index in [1.54, 1.807) is 17.7 Å². The minimum atomic E-state index is 0.863. The largest absolute Gasteiger partial charge is 0.369 e. The van der Waals surface area contributed by atoms with E-state index in [2.05, 4.69) is 40.1 Å². The maximum absolute atomic E-state index is 4.39. The van der Waals surface area contributed by atoms with Crippen LogP contribution in [-0.4, -0.2) is 41.0 Å². The molecule has 5 heteroatoms. The number of aromatic nitrogens is 2. The van der Waals surface area contributed by atoms with Crippen LogP contribution in [0.15, 0.2) is 12.4 Å². The minimum Gasteiger partial charge on any atom is -0.369 e. The Labute approximate surface area is 130 Å². The van der Waals surface area contributed by atoms with E-state index in [0.29, 0.717) is 0 Å². The molecule has 1 N–H and O–H groups in total. The Hall–Kier alpha value is -1.20. The zero-order chi connectivity index (χ0) is 14.7. The van der Waals surface area contributed by atoms with Crippen LogP contribution in [0.4, 0.5) is 5.82 Å². The summed E-state index contributed by atoms with van der Waals surface area (Å²) in [6, 6.07) is 2.18. The van der Waals surface area contributed by atoms with Crippen LogP contribution < -0.4 is 5.32 Å². The molecule has 1 fully saturated rings. The zero-order valence-corrected chi connectivity index (χ0v) is 13.7. The third-order valence-corrected chi connectivity index (χ3v) is 5.10. The van der Waals surface area contributed by atoms with Gasteiger partial charge in [0.1, 0.15) is 17.0 Å². The molecule has 2 aromatic heterocycles. The van der Waals surface area contributed by atoms with Gasteiger partial charge in [-0.25, -0.2) is 9.97 Å². The van der Waals surface area contributed by atoms with E-state index in [0.717, 1.165) is 28.5 Å². The van der Waals surface area contributed by atoms with E-state index in [1.807, 2.05) is 0 Å². The van der Waals surface area contributed by atoms with Gasteiger partial charge < -0.3 is 10.2 Å². The number of piperidine rings is 1. The van der Waals surface area contributed by atoms with Crippen molar-refractivity contribution >= 4 is 27.4 Å². The van der Waals surface area contributed by atoms with Crippen LogP contribution in [-0.2, 0) is 0 Å². The number of anilines is 1. The van der Waals surface area contributed by atoms with Gasteiger partial charge >= 0.3 is 0 Å². The number of nitrogens with zero attached hydrogens (tertiary/aromatic N) is 3. The first-order valence-corrected chi connectivity index (χ1v) is 8.71. The highest BCUT2D eigenvalue weighted by molar-refractivity contribution is 7.18. The first-order chi connectivity index (χ1) is 10.2. The van der Waals surface area contributed by atoms with Crippen molar-refractivity contribution in [1.29, 1.82) is 0 Å². The lowest BCUT2D eigenvalue weighted by Gasteiger charge is -2.30. The highest BCUT2D eigenvalue weighted by Crippen LogP contribution is 2.27. The predicted molar refractivity (Wildman–Crippen MR) is 90.1 cm³/mol. The van der Waals surface area contributed by atoms with Crippen molar-refractivity contribution in [2.75, 3.05) is 31.5 Å². The van der Waals surface area contributed by atoms with Gasteiger partial charge in [0.2, 0.25) is 0 Å². The summed E-state index contributed by atoms with van der Waals surface area (Å²) in [5, 5.41) is 4.64. The summed E-state index contributed by atoms with van der Waals surface area (Å²) in [6.07, 6.45) is 5.58. The second-order valence-electron chi connectivity index (χ2n) is 6.13. The molecular formula is C16H24N4S. The quantitative estimate of drug-likeness (QED) is 0.858. The maximum Gasteiger partial charge on any atom is 0.138 e. The van der Waals surface area contributed by atoms with Crippen LogP contribution in [0.1, 0.15) is 31.1 Å². The molecule has 0 aliphatic carbocycles. The molecule has 1 aliphatic rings. The maximum atomic E-state index is 4.39. The Bertz CT molecular complexity index is 595. The molecule has 2 aromatic rings. The molecule has 0 amide bonds. The molecular weight excluding hydrogens is 280 g/mol. The van der Waals surface area contributed by atoms with Gasteiger partial charge in [0.15, 0.2) is 0 Å². The fraction of sp³-hybridized carbons (Fsp3) is 0.625. The Morgan fingerprint density at radius 3 is 3.19 bits per heavy atom. The van der Waals surface area contributed by atoms with E-state index in [1.165, 1.54) is 43.8 Å². The van der Waals surface area contributed by atoms with Gasteiger partial charge in [-0.1, -0.05) is 6.92 Å². The Morgan fingerprint density at radius 2 is 2.33 bits per heavy atom. The third kappa shape index (κ3) is 3.71. The average molecular weight is 304 g/mol. The number of hydrogen-bond donors (Lipinski definition) is 1. The van der Waals surface area contributed by atoms with E-state index in [-0.39, 0.29) is 0 Å². The Balaban J connectivity index is 1.50. The lowest BCUT2D eigenvalue weighted by Crippen LogP contribution is -2.35. The summed E-state index contributed by atoms with van der Waals surface area (Å²) < 4.78 is 0. The molecule has 21 heavy (non-hydrogen) atoms. The van der Waals surface area contributed by atoms with Crippen molar-refractivity contribution in [1.82, 2.24) is 14.9 Å². The molecule has 0 aromatic carbocycles. The predicted octanol–water partition coefficient (Wildman–Crippen LogP) is 3.53. The average Bonchev–Trinajstić information content (AvgIpc) is 2.84. The molecule has 1 aliphatic heterocycles. The van der Waals surface area contributed by atoms with E-state index >= 15 is 0 Å². The van der Waals surface area contributed by atoms with E-state index < -0.39 is 0 Å². The van der Waals surface area contributed by atoms with Gasteiger partial charge in [0.25, 0.3) is 0 Å². The van der Waals surface area contributed by atoms with Crippen LogP contribution >= 0.6 is 11.3 Å². The Kier molecular flexibility index (Phi) is 4.70. The molecule has 3 heterocycles. The van der Waals surface area contributed by atoms with Crippen LogP contribution in [0.3, 0.4) is 0 Å². The van der Waals surface area contributed by atoms with Crippen molar-refractivity contribution < 1.29 is 0 Å². The van der Waals surface area contributed by atoms with Crippen molar-refractivity contribution in [3.05, 3.63) is 17.3 Å². The van der Waals surface area contributed by atoms with Gasteiger partial charge in [-0.15, -0.1) is 11.3 Å². The summed E-state index contributed by atoms with van der Waals surface area (Å²) in [6.45, 7) is 9.18. The van der Waals surface area contributed by atoms with Crippen molar-refractivity contribution in [2.45, 2.75) is 33.1 Å². The molecule has 0 spiro atoms. The highest BCUT2D eigenvalue weighted by atomic mass is 32.1. The van der Waals surface area contributed by atoms with Crippen molar-refractivity contribution in [2.24, 2.45) is 5.92 Å². The van der Waals surface area contributed by atoms with Gasteiger partial charge in [0.05, 0.1) is 5.39 Å². The number of rotatable bonds is 5. The van der Waals surface area contributed by atoms with Gasteiger partial charge in [-0.3, -0.25) is 0 Å². The molecule has 0 saturated carbocycles. The van der Waals surface area contributed by atoms with Gasteiger partial charge in [0, 0.05) is 18.0 Å². The summed E-state index contributed by atoms with van der Waals surface area (Å²) in [7, 11) is 0. The highest BCUT2D eigenvalue weighted by Gasteiger charge is 2.15. The van der Waals surface area contributed by atoms with E-state index in [4.69, 9.17) is 0 Å². The Morgan fingerprint density at radius 1 is 1.43 bits per heavy atom. The molecule has 1 unspecified atom stereocenters. The molecule has 114 valence electrons. The number of aryl methyl sites for hydroxylation is 1. The molecule has 1 saturated heterocycles. The van der Waals surface area contributed by atoms with Gasteiger partial charge in [-0.05, 0) is 51.3 Å². The molecule has 1 atom stereocenters. The van der Waals surface area contributed by atoms with Crippen molar-refractivity contribution in [3.63, 3.8) is 0 Å². The van der Waals surface area contributed by atoms with Gasteiger partial charge in [-0.2, -0.15) is 0 Å². The summed E-state index contributed by atoms with van der Waals surface area (Å²) in [4.78, 5) is 13.7. The monoisotopic (exact) mass is 304 g/mol.